The molecule has 0 aliphatic carbocycles. The average molecular weight is 433 g/mol. The van der Waals surface area contributed by atoms with Crippen molar-refractivity contribution in [2.24, 2.45) is 11.3 Å². The highest BCUT2D eigenvalue weighted by atomic mass is 16.6. The lowest BCUT2D eigenvalue weighted by molar-refractivity contribution is -0.183. The van der Waals surface area contributed by atoms with Crippen molar-refractivity contribution in [3.8, 4) is 0 Å². The summed E-state index contributed by atoms with van der Waals surface area (Å²) in [6, 6.07) is 9.45. The zero-order chi connectivity index (χ0) is 23.3. The minimum absolute atomic E-state index is 0.126. The summed E-state index contributed by atoms with van der Waals surface area (Å²) in [6.45, 7) is 8.46. The summed E-state index contributed by atoms with van der Waals surface area (Å²) in [5.41, 5.74) is 0.199. The summed E-state index contributed by atoms with van der Waals surface area (Å²) >= 11 is 0. The molecule has 170 valence electrons. The minimum Gasteiger partial charge on any atom is -0.481 e. The van der Waals surface area contributed by atoms with Gasteiger partial charge in [-0.05, 0) is 44.4 Å². The fourth-order valence-electron chi connectivity index (χ4n) is 3.48. The van der Waals surface area contributed by atoms with Gasteiger partial charge in [-0.3, -0.25) is 14.4 Å². The molecule has 0 unspecified atom stereocenters. The second-order valence-electron chi connectivity index (χ2n) is 8.88. The van der Waals surface area contributed by atoms with Crippen LogP contribution in [0.2, 0.25) is 0 Å². The summed E-state index contributed by atoms with van der Waals surface area (Å²) < 4.78 is 12.3. The second kappa shape index (κ2) is 10.2. The van der Waals surface area contributed by atoms with Gasteiger partial charge in [-0.1, -0.05) is 44.2 Å². The molecule has 0 radical (unpaired) electrons. The maximum Gasteiger partial charge on any atom is 0.311 e. The summed E-state index contributed by atoms with van der Waals surface area (Å²) in [6.07, 6.45) is -1.61. The van der Waals surface area contributed by atoms with Gasteiger partial charge in [0.15, 0.2) is 5.78 Å². The largest absolute Gasteiger partial charge is 0.481 e. The van der Waals surface area contributed by atoms with Crippen molar-refractivity contribution < 1.29 is 34.1 Å². The summed E-state index contributed by atoms with van der Waals surface area (Å²) in [4.78, 5) is 35.9. The first-order valence-corrected chi connectivity index (χ1v) is 10.5. The van der Waals surface area contributed by atoms with E-state index in [0.29, 0.717) is 5.57 Å². The third-order valence-corrected chi connectivity index (χ3v) is 5.71. The molecule has 1 heterocycles. The van der Waals surface area contributed by atoms with E-state index in [9.17, 15) is 24.6 Å². The molecule has 1 aromatic carbocycles. The molecule has 1 fully saturated rings. The molecule has 4 atom stereocenters. The topological polar surface area (TPSA) is 110 Å². The van der Waals surface area contributed by atoms with Gasteiger partial charge in [-0.15, -0.1) is 0 Å². The van der Waals surface area contributed by atoms with Crippen molar-refractivity contribution in [1.29, 1.82) is 0 Å². The molecule has 1 aliphatic rings. The summed E-state index contributed by atoms with van der Waals surface area (Å²) in [5, 5.41) is 19.1. The molecule has 0 amide bonds. The molecule has 7 heteroatoms. The van der Waals surface area contributed by atoms with E-state index in [0.717, 1.165) is 5.56 Å². The van der Waals surface area contributed by atoms with E-state index in [1.165, 1.54) is 19.9 Å². The lowest BCUT2D eigenvalue weighted by Gasteiger charge is -2.43. The Balaban J connectivity index is 2.46. The maximum atomic E-state index is 12.5. The van der Waals surface area contributed by atoms with E-state index in [-0.39, 0.29) is 30.6 Å². The number of hydrogen-bond donors (Lipinski definition) is 2. The van der Waals surface area contributed by atoms with Crippen LogP contribution in [0.25, 0.3) is 0 Å². The molecule has 2 N–H and O–H groups in total. The number of carbonyl (C=O) groups is 3. The number of carboxylic acid groups (broad SMARTS) is 2. The Morgan fingerprint density at radius 1 is 1.16 bits per heavy atom. The smallest absolute Gasteiger partial charge is 0.311 e. The predicted octanol–water partition coefficient (Wildman–Crippen LogP) is 4.03. The number of benzene rings is 1. The van der Waals surface area contributed by atoms with Crippen LogP contribution in [0, 0.1) is 11.3 Å². The van der Waals surface area contributed by atoms with Crippen LogP contribution in [0.1, 0.15) is 59.1 Å². The van der Waals surface area contributed by atoms with Crippen LogP contribution in [-0.4, -0.2) is 46.2 Å². The van der Waals surface area contributed by atoms with Crippen LogP contribution in [0.4, 0.5) is 0 Å². The number of carboxylic acids is 2. The second-order valence-corrected chi connectivity index (χ2v) is 8.88. The Bertz CT molecular complexity index is 826. The lowest BCUT2D eigenvalue weighted by atomic mass is 9.78. The van der Waals surface area contributed by atoms with Gasteiger partial charge >= 0.3 is 11.9 Å². The normalized spacial score (nSPS) is 24.2. The van der Waals surface area contributed by atoms with Gasteiger partial charge in [0, 0.05) is 5.92 Å². The molecule has 0 saturated carbocycles. The zero-order valence-corrected chi connectivity index (χ0v) is 18.7. The Morgan fingerprint density at radius 2 is 1.77 bits per heavy atom. The van der Waals surface area contributed by atoms with Crippen LogP contribution in [0.3, 0.4) is 0 Å². The van der Waals surface area contributed by atoms with Gasteiger partial charge < -0.3 is 19.7 Å². The zero-order valence-electron chi connectivity index (χ0n) is 18.7. The number of rotatable bonds is 9. The molecule has 2 rings (SSSR count). The molecule has 1 saturated heterocycles. The van der Waals surface area contributed by atoms with Crippen LogP contribution >= 0.6 is 0 Å². The number of hydrogen-bond acceptors (Lipinski definition) is 5. The van der Waals surface area contributed by atoms with Gasteiger partial charge in [0.05, 0.1) is 30.1 Å². The third kappa shape index (κ3) is 6.24. The third-order valence-electron chi connectivity index (χ3n) is 5.71. The first kappa shape index (κ1) is 24.8. The molecular weight excluding hydrogens is 400 g/mol. The highest BCUT2D eigenvalue weighted by Gasteiger charge is 2.46. The highest BCUT2D eigenvalue weighted by molar-refractivity contribution is 5.92. The van der Waals surface area contributed by atoms with Gasteiger partial charge in [-0.25, -0.2) is 0 Å². The van der Waals surface area contributed by atoms with Crippen LogP contribution in [0.15, 0.2) is 42.0 Å². The van der Waals surface area contributed by atoms with Gasteiger partial charge in [0.2, 0.25) is 0 Å². The molecule has 0 spiro atoms. The van der Waals surface area contributed by atoms with Crippen molar-refractivity contribution in [2.45, 2.75) is 71.9 Å². The summed E-state index contributed by atoms with van der Waals surface area (Å²) in [5.74, 6) is -2.53. The van der Waals surface area contributed by atoms with E-state index in [1.807, 2.05) is 37.3 Å². The van der Waals surface area contributed by atoms with Crippen molar-refractivity contribution in [3.63, 3.8) is 0 Å². The van der Waals surface area contributed by atoms with Gasteiger partial charge in [0.1, 0.15) is 6.10 Å². The molecule has 1 aliphatic heterocycles. The average Bonchev–Trinajstić information content (AvgIpc) is 2.69. The monoisotopic (exact) mass is 432 g/mol. The van der Waals surface area contributed by atoms with E-state index < -0.39 is 35.7 Å². The Morgan fingerprint density at radius 3 is 2.29 bits per heavy atom. The fraction of sp³-hybridized carbons (Fsp3) is 0.542. The predicted molar refractivity (Wildman–Crippen MR) is 115 cm³/mol. The quantitative estimate of drug-likeness (QED) is 0.567. The molecule has 7 nitrogen and oxygen atoms in total. The Labute approximate surface area is 183 Å². The number of carbonyl (C=O) groups excluding carboxylic acids is 1. The fourth-order valence-corrected chi connectivity index (χ4v) is 3.48. The number of ketones is 1. The first-order valence-electron chi connectivity index (χ1n) is 10.5. The maximum absolute atomic E-state index is 12.5. The van der Waals surface area contributed by atoms with Crippen molar-refractivity contribution in [2.75, 3.05) is 0 Å². The molecular formula is C24H32O7. The SMILES string of the molecule is CC(C)C(=O)/C=C1\C[C@@H](C(C)(C)C(=O)O)O[C@H](CC(=O)O)[C@@H]1O[C@H](C)c1ccccc1. The standard InChI is InChI=1S/C24H32O7/c1-14(2)18(25)11-17-12-20(24(4,5)23(28)29)31-19(13-21(26)27)22(17)30-15(3)16-9-7-6-8-10-16/h6-11,14-15,19-20,22H,12-13H2,1-5H3,(H,26,27)(H,28,29)/b17-11+/t15-,19-,20+,22-/m1/s1. The van der Waals surface area contributed by atoms with Crippen molar-refractivity contribution in [1.82, 2.24) is 0 Å². The first-order chi connectivity index (χ1) is 14.4. The van der Waals surface area contributed by atoms with Crippen LogP contribution in [0.5, 0.6) is 0 Å². The number of ether oxygens (including phenoxy) is 2. The highest BCUT2D eigenvalue weighted by Crippen LogP contribution is 2.39. The van der Waals surface area contributed by atoms with Crippen LogP contribution < -0.4 is 0 Å². The Kier molecular flexibility index (Phi) is 8.14. The number of aliphatic carboxylic acids is 2. The summed E-state index contributed by atoms with van der Waals surface area (Å²) in [7, 11) is 0. The molecule has 31 heavy (non-hydrogen) atoms. The van der Waals surface area contributed by atoms with Gasteiger partial charge in [-0.2, -0.15) is 0 Å². The number of allylic oxidation sites excluding steroid dienone is 1. The molecule has 0 aromatic heterocycles. The molecule has 1 aromatic rings. The van der Waals surface area contributed by atoms with E-state index in [2.05, 4.69) is 0 Å². The molecule has 0 bridgehead atoms. The van der Waals surface area contributed by atoms with Crippen LogP contribution in [-0.2, 0) is 23.9 Å². The van der Waals surface area contributed by atoms with Gasteiger partial charge in [0.25, 0.3) is 0 Å². The lowest BCUT2D eigenvalue weighted by Crippen LogP contribution is -2.50. The van der Waals surface area contributed by atoms with E-state index >= 15 is 0 Å². The van der Waals surface area contributed by atoms with Crippen molar-refractivity contribution >= 4 is 17.7 Å². The minimum atomic E-state index is -1.27. The van der Waals surface area contributed by atoms with Crippen molar-refractivity contribution in [3.05, 3.63) is 47.5 Å². The van der Waals surface area contributed by atoms with E-state index in [4.69, 9.17) is 9.47 Å². The Hall–Kier alpha value is -2.51. The van der Waals surface area contributed by atoms with E-state index in [1.54, 1.807) is 13.8 Å².